The van der Waals surface area contributed by atoms with Gasteiger partial charge in [0.2, 0.25) is 0 Å². The minimum absolute atomic E-state index is 0.0283. The molecule has 0 radical (unpaired) electrons. The molecule has 0 fully saturated rings. The first kappa shape index (κ1) is 26.4. The van der Waals surface area contributed by atoms with Gasteiger partial charge in [0.1, 0.15) is 0 Å². The molecule has 1 aliphatic rings. The van der Waals surface area contributed by atoms with E-state index in [0.29, 0.717) is 0 Å². The third kappa shape index (κ3) is 3.67. The number of nitrogens with zero attached hydrogens (tertiary/aromatic N) is 2. The van der Waals surface area contributed by atoms with Crippen LogP contribution >= 0.6 is 0 Å². The van der Waals surface area contributed by atoms with Crippen LogP contribution in [0.2, 0.25) is 0 Å². The van der Waals surface area contributed by atoms with E-state index >= 15 is 0 Å². The zero-order valence-corrected chi connectivity index (χ0v) is 26.4. The molecule has 0 amide bonds. The van der Waals surface area contributed by atoms with Gasteiger partial charge in [0, 0.05) is 38.3 Å². The largest absolute Gasteiger partial charge is 0.309 e. The number of fused-ring (bicyclic) bond motifs is 9. The Morgan fingerprint density at radius 3 is 1.66 bits per heavy atom. The molecule has 222 valence electrons. The second kappa shape index (κ2) is 9.57. The van der Waals surface area contributed by atoms with Crippen molar-refractivity contribution >= 4 is 43.6 Å². The zero-order chi connectivity index (χ0) is 31.3. The molecule has 2 aromatic heterocycles. The smallest absolute Gasteiger partial charge is 0.0547 e. The predicted octanol–water partition coefficient (Wildman–Crippen LogP) is 11.9. The van der Waals surface area contributed by atoms with Gasteiger partial charge in [-0.05, 0) is 94.0 Å². The predicted molar refractivity (Wildman–Crippen MR) is 198 cm³/mol. The number of benzene rings is 7. The summed E-state index contributed by atoms with van der Waals surface area (Å²) in [6, 6.07) is 58.0. The highest BCUT2D eigenvalue weighted by molar-refractivity contribution is 6.12. The molecule has 0 spiro atoms. The van der Waals surface area contributed by atoms with Gasteiger partial charge in [0.25, 0.3) is 0 Å². The Kier molecular flexibility index (Phi) is 5.37. The molecule has 9 aromatic rings. The van der Waals surface area contributed by atoms with E-state index in [4.69, 9.17) is 0 Å². The van der Waals surface area contributed by atoms with E-state index in [1.165, 1.54) is 88.4 Å². The Balaban J connectivity index is 1.13. The maximum Gasteiger partial charge on any atom is 0.0547 e. The fourth-order valence-corrected chi connectivity index (χ4v) is 8.25. The lowest BCUT2D eigenvalue weighted by Crippen LogP contribution is -2.14. The first-order chi connectivity index (χ1) is 23.1. The number of hydrogen-bond donors (Lipinski definition) is 0. The first-order valence-corrected chi connectivity index (χ1v) is 16.4. The first-order valence-electron chi connectivity index (χ1n) is 16.4. The summed E-state index contributed by atoms with van der Waals surface area (Å²) in [5, 5.41) is 5.14. The third-order valence-electron chi connectivity index (χ3n) is 10.5. The maximum absolute atomic E-state index is 2.46. The highest BCUT2D eigenvalue weighted by atomic mass is 15.0. The Labute approximate surface area is 273 Å². The maximum atomic E-state index is 2.46. The zero-order valence-electron chi connectivity index (χ0n) is 26.4. The van der Waals surface area contributed by atoms with E-state index in [1.54, 1.807) is 0 Å². The summed E-state index contributed by atoms with van der Waals surface area (Å²) in [5.41, 5.74) is 15.2. The molecule has 0 saturated heterocycles. The molecule has 0 N–H and O–H groups in total. The third-order valence-corrected chi connectivity index (χ3v) is 10.5. The lowest BCUT2D eigenvalue weighted by molar-refractivity contribution is 0.661. The fourth-order valence-electron chi connectivity index (χ4n) is 8.25. The van der Waals surface area contributed by atoms with Gasteiger partial charge in [-0.3, -0.25) is 0 Å². The minimum Gasteiger partial charge on any atom is -0.309 e. The molecule has 0 saturated carbocycles. The molecule has 0 aliphatic heterocycles. The van der Waals surface area contributed by atoms with Crippen molar-refractivity contribution in [3.8, 4) is 33.6 Å². The highest BCUT2D eigenvalue weighted by Gasteiger charge is 2.36. The van der Waals surface area contributed by atoms with Crippen molar-refractivity contribution in [3.05, 3.63) is 169 Å². The molecule has 47 heavy (non-hydrogen) atoms. The molecular formula is C45H32N2. The van der Waals surface area contributed by atoms with Crippen molar-refractivity contribution in [2.24, 2.45) is 0 Å². The van der Waals surface area contributed by atoms with Gasteiger partial charge in [0.15, 0.2) is 0 Å². The van der Waals surface area contributed by atoms with Gasteiger partial charge < -0.3 is 9.13 Å². The molecule has 2 nitrogen and oxygen atoms in total. The van der Waals surface area contributed by atoms with Crippen molar-refractivity contribution in [2.75, 3.05) is 0 Å². The van der Waals surface area contributed by atoms with Crippen LogP contribution in [0.4, 0.5) is 0 Å². The average Bonchev–Trinajstić information content (AvgIpc) is 3.71. The summed E-state index contributed by atoms with van der Waals surface area (Å²) in [6.45, 7) is 4.72. The summed E-state index contributed by atoms with van der Waals surface area (Å²) >= 11 is 0. The standard InChI is InChI=1S/C45H32N2/c1-45(2)39-17-9-6-14-33(39)36-28-44-38(27-40(36)45)35-16-8-11-19-42(35)47(44)32-23-20-29(21-24-32)30-22-25-43-37(26-30)34-15-7-10-18-41(34)46(43)31-12-4-3-5-13-31/h3-28H,1-2H3. The Morgan fingerprint density at radius 1 is 0.362 bits per heavy atom. The summed E-state index contributed by atoms with van der Waals surface area (Å²) in [6.07, 6.45) is 0. The summed E-state index contributed by atoms with van der Waals surface area (Å²) in [5.74, 6) is 0. The highest BCUT2D eigenvalue weighted by Crippen LogP contribution is 2.51. The van der Waals surface area contributed by atoms with Crippen molar-refractivity contribution in [1.82, 2.24) is 9.13 Å². The van der Waals surface area contributed by atoms with Gasteiger partial charge >= 0.3 is 0 Å². The van der Waals surface area contributed by atoms with Crippen LogP contribution in [0.15, 0.2) is 158 Å². The number of rotatable bonds is 3. The molecule has 2 heteroatoms. The lowest BCUT2D eigenvalue weighted by atomic mass is 9.82. The van der Waals surface area contributed by atoms with Crippen LogP contribution in [-0.2, 0) is 5.41 Å². The van der Waals surface area contributed by atoms with Gasteiger partial charge in [-0.25, -0.2) is 0 Å². The average molecular weight is 601 g/mol. The summed E-state index contributed by atoms with van der Waals surface area (Å²) < 4.78 is 4.81. The van der Waals surface area contributed by atoms with Crippen LogP contribution in [0, 0.1) is 0 Å². The van der Waals surface area contributed by atoms with E-state index in [1.807, 2.05) is 0 Å². The molecule has 0 bridgehead atoms. The van der Waals surface area contributed by atoms with Gasteiger partial charge in [0.05, 0.1) is 22.1 Å². The van der Waals surface area contributed by atoms with Crippen LogP contribution < -0.4 is 0 Å². The molecule has 0 atom stereocenters. The van der Waals surface area contributed by atoms with Gasteiger partial charge in [-0.2, -0.15) is 0 Å². The molecule has 2 heterocycles. The van der Waals surface area contributed by atoms with Gasteiger partial charge in [-0.1, -0.05) is 111 Å². The van der Waals surface area contributed by atoms with Crippen LogP contribution in [0.25, 0.3) is 77.2 Å². The normalized spacial score (nSPS) is 13.5. The van der Waals surface area contributed by atoms with Crippen LogP contribution in [0.3, 0.4) is 0 Å². The van der Waals surface area contributed by atoms with Crippen LogP contribution in [0.1, 0.15) is 25.0 Å². The monoisotopic (exact) mass is 600 g/mol. The minimum atomic E-state index is -0.0283. The Morgan fingerprint density at radius 2 is 0.915 bits per heavy atom. The SMILES string of the molecule is CC1(C)c2ccccc2-c2cc3c(cc21)c1ccccc1n3-c1ccc(-c2ccc3c(c2)c2ccccc2n3-c2ccccc2)cc1. The second-order valence-corrected chi connectivity index (χ2v) is 13.4. The summed E-state index contributed by atoms with van der Waals surface area (Å²) in [4.78, 5) is 0. The van der Waals surface area contributed by atoms with E-state index in [-0.39, 0.29) is 5.41 Å². The van der Waals surface area contributed by atoms with E-state index in [0.717, 1.165) is 0 Å². The van der Waals surface area contributed by atoms with Crippen molar-refractivity contribution in [2.45, 2.75) is 19.3 Å². The summed E-state index contributed by atoms with van der Waals surface area (Å²) in [7, 11) is 0. The Hall–Kier alpha value is -5.86. The fraction of sp³-hybridized carbons (Fsp3) is 0.0667. The van der Waals surface area contributed by atoms with Crippen molar-refractivity contribution in [3.63, 3.8) is 0 Å². The molecule has 1 aliphatic carbocycles. The van der Waals surface area contributed by atoms with Gasteiger partial charge in [-0.15, -0.1) is 0 Å². The lowest BCUT2D eigenvalue weighted by Gasteiger charge is -2.21. The number of hydrogen-bond acceptors (Lipinski definition) is 0. The Bertz CT molecular complexity index is 2680. The molecular weight excluding hydrogens is 569 g/mol. The van der Waals surface area contributed by atoms with E-state index < -0.39 is 0 Å². The van der Waals surface area contributed by atoms with Crippen LogP contribution in [-0.4, -0.2) is 9.13 Å². The number of para-hydroxylation sites is 3. The van der Waals surface area contributed by atoms with E-state index in [9.17, 15) is 0 Å². The van der Waals surface area contributed by atoms with Crippen LogP contribution in [0.5, 0.6) is 0 Å². The van der Waals surface area contributed by atoms with Crippen molar-refractivity contribution in [1.29, 1.82) is 0 Å². The quantitative estimate of drug-likeness (QED) is 0.191. The van der Waals surface area contributed by atoms with E-state index in [2.05, 4.69) is 181 Å². The molecule has 0 unspecified atom stereocenters. The second-order valence-electron chi connectivity index (χ2n) is 13.4. The topological polar surface area (TPSA) is 9.86 Å². The molecule has 10 rings (SSSR count). The number of aromatic nitrogens is 2. The molecule has 7 aromatic carbocycles. The van der Waals surface area contributed by atoms with Crippen molar-refractivity contribution < 1.29 is 0 Å².